The van der Waals surface area contributed by atoms with E-state index in [2.05, 4.69) is 20.8 Å². The monoisotopic (exact) mass is 566 g/mol. The summed E-state index contributed by atoms with van der Waals surface area (Å²) in [6.07, 6.45) is -1.43. The summed E-state index contributed by atoms with van der Waals surface area (Å²) in [5.41, 5.74) is 0.498. The van der Waals surface area contributed by atoms with Gasteiger partial charge in [-0.05, 0) is 90.6 Å². The lowest BCUT2D eigenvalue weighted by Crippen LogP contribution is -2.53. The summed E-state index contributed by atoms with van der Waals surface area (Å²) < 4.78 is 24.3. The third-order valence-electron chi connectivity index (χ3n) is 4.99. The van der Waals surface area contributed by atoms with Crippen LogP contribution in [0.2, 0.25) is 0 Å². The van der Waals surface area contributed by atoms with Crippen molar-refractivity contribution in [1.82, 2.24) is 0 Å². The average molecular weight is 567 g/mol. The number of hydrogen-bond donors (Lipinski definition) is 0. The Kier molecular flexibility index (Phi) is 11.5. The molecule has 2 rings (SSSR count). The fraction of sp³-hybridized carbons (Fsp3) is 0.571. The molecular formula is C28H44O6P2Si+. The van der Waals surface area contributed by atoms with Crippen LogP contribution in [0, 0.1) is 0 Å². The van der Waals surface area contributed by atoms with Gasteiger partial charge >= 0.3 is 9.52 Å². The Labute approximate surface area is 228 Å². The lowest BCUT2D eigenvalue weighted by Gasteiger charge is -2.34. The lowest BCUT2D eigenvalue weighted by molar-refractivity contribution is -0.220. The summed E-state index contributed by atoms with van der Waals surface area (Å²) >= 11 is 0. The molecule has 2 aromatic carbocycles. The molecule has 0 fully saturated rings. The summed E-state index contributed by atoms with van der Waals surface area (Å²) in [5.74, 6) is 0. The Hall–Kier alpha value is -0.723. The van der Waals surface area contributed by atoms with Gasteiger partial charge in [0.25, 0.3) is 15.9 Å². The Morgan fingerprint density at radius 2 is 1.00 bits per heavy atom. The number of hydrogen-bond acceptors (Lipinski definition) is 6. The van der Waals surface area contributed by atoms with Gasteiger partial charge in [0, 0.05) is 0 Å². The molecule has 0 aliphatic heterocycles. The molecule has 0 saturated carbocycles. The highest BCUT2D eigenvalue weighted by molar-refractivity contribution is 7.70. The van der Waals surface area contributed by atoms with Crippen molar-refractivity contribution in [1.29, 1.82) is 0 Å². The predicted octanol–water partition coefficient (Wildman–Crippen LogP) is 3.84. The van der Waals surface area contributed by atoms with Gasteiger partial charge in [-0.2, -0.15) is 0 Å². The van der Waals surface area contributed by atoms with Crippen molar-refractivity contribution in [2.45, 2.75) is 106 Å². The van der Waals surface area contributed by atoms with Crippen LogP contribution in [0.15, 0.2) is 42.5 Å². The summed E-state index contributed by atoms with van der Waals surface area (Å²) in [4.78, 5) is 29.3. The van der Waals surface area contributed by atoms with E-state index in [1.807, 2.05) is 97.9 Å². The second-order valence-electron chi connectivity index (χ2n) is 11.2. The van der Waals surface area contributed by atoms with Crippen molar-refractivity contribution in [3.8, 4) is 0 Å². The van der Waals surface area contributed by atoms with Crippen LogP contribution in [-0.4, -0.2) is 33.9 Å². The molecule has 0 atom stereocenters. The SMILES string of the molecule is CC(C)O[P+]([O-])(OC(C)C)c1cc(C(C)(C)C)cc([P+]([O-])(OC(C)C)OC(C)C)c1[Si+]c1ccccc1. The van der Waals surface area contributed by atoms with E-state index in [9.17, 15) is 9.79 Å². The van der Waals surface area contributed by atoms with Gasteiger partial charge in [0.15, 0.2) is 10.6 Å². The first-order chi connectivity index (χ1) is 17.0. The van der Waals surface area contributed by atoms with Crippen LogP contribution in [0.1, 0.15) is 81.7 Å². The second-order valence-corrected chi connectivity index (χ2v) is 16.4. The fourth-order valence-electron chi connectivity index (χ4n) is 3.66. The first kappa shape index (κ1) is 32.5. The first-order valence-corrected chi connectivity index (χ1v) is 17.0. The highest BCUT2D eigenvalue weighted by atomic mass is 31.2. The van der Waals surface area contributed by atoms with Gasteiger partial charge in [-0.1, -0.05) is 39.0 Å². The maximum Gasteiger partial charge on any atom is 0.576 e. The van der Waals surface area contributed by atoms with Gasteiger partial charge in [0.05, 0.1) is 24.4 Å². The molecule has 0 spiro atoms. The lowest BCUT2D eigenvalue weighted by atomic mass is 9.87. The molecule has 0 aliphatic rings. The van der Waals surface area contributed by atoms with E-state index in [1.54, 1.807) is 0 Å². The normalized spacial score (nSPS) is 13.3. The van der Waals surface area contributed by atoms with Crippen LogP contribution >= 0.6 is 15.9 Å². The van der Waals surface area contributed by atoms with E-state index < -0.39 is 15.9 Å². The fourth-order valence-corrected chi connectivity index (χ4v) is 10.1. The predicted molar refractivity (Wildman–Crippen MR) is 155 cm³/mol. The maximum atomic E-state index is 14.6. The molecule has 0 aromatic heterocycles. The van der Waals surface area contributed by atoms with E-state index >= 15 is 0 Å². The van der Waals surface area contributed by atoms with Gasteiger partial charge < -0.3 is 9.79 Å². The van der Waals surface area contributed by atoms with Gasteiger partial charge in [-0.15, -0.1) is 0 Å². The molecule has 6 nitrogen and oxygen atoms in total. The van der Waals surface area contributed by atoms with Crippen molar-refractivity contribution in [3.05, 3.63) is 48.0 Å². The van der Waals surface area contributed by atoms with Gasteiger partial charge in [0.1, 0.15) is 5.19 Å². The van der Waals surface area contributed by atoms with Gasteiger partial charge in [0.2, 0.25) is 5.19 Å². The first-order valence-electron chi connectivity index (χ1n) is 12.9. The molecule has 205 valence electrons. The Morgan fingerprint density at radius 1 is 0.649 bits per heavy atom. The standard InChI is InChI=1S/C28H44O6P2Si/c1-19(2)31-35(29,32-20(3)4)25-17-23(28(9,10)11)18-26(27(25)37-24-15-13-12-14-16-24)36(30,33-21(5)6)34-22(7)8/h12-22H,1-11H3/q+1. The third-order valence-corrected chi connectivity index (χ3v) is 11.5. The Morgan fingerprint density at radius 3 is 1.30 bits per heavy atom. The topological polar surface area (TPSA) is 83.0 Å². The van der Waals surface area contributed by atoms with Crippen LogP contribution < -0.4 is 30.8 Å². The van der Waals surface area contributed by atoms with E-state index in [0.29, 0.717) is 15.8 Å². The van der Waals surface area contributed by atoms with Crippen LogP contribution in [0.25, 0.3) is 0 Å². The Balaban J connectivity index is 3.04. The van der Waals surface area contributed by atoms with E-state index in [-0.39, 0.29) is 39.4 Å². The zero-order valence-corrected chi connectivity index (χ0v) is 27.0. The number of benzene rings is 2. The average Bonchev–Trinajstić information content (AvgIpc) is 2.71. The van der Waals surface area contributed by atoms with Gasteiger partial charge in [-0.25, -0.2) is 18.1 Å². The number of rotatable bonds is 12. The minimum absolute atomic E-state index is 0.0232. The van der Waals surface area contributed by atoms with E-state index in [0.717, 1.165) is 10.8 Å². The van der Waals surface area contributed by atoms with E-state index in [1.165, 1.54) is 0 Å². The molecule has 0 bridgehead atoms. The Bertz CT molecular complexity index is 934. The maximum absolute atomic E-state index is 14.6. The zero-order chi connectivity index (χ0) is 28.2. The highest BCUT2D eigenvalue weighted by Gasteiger charge is 2.52. The van der Waals surface area contributed by atoms with Crippen LogP contribution in [0.5, 0.6) is 0 Å². The largest absolute Gasteiger partial charge is 0.627 e. The quantitative estimate of drug-likeness (QED) is 0.287. The third kappa shape index (κ3) is 9.17. The molecule has 0 N–H and O–H groups in total. The molecular weight excluding hydrogens is 522 g/mol. The summed E-state index contributed by atoms with van der Waals surface area (Å²) in [5, 5.41) is 2.45. The van der Waals surface area contributed by atoms with E-state index in [4.69, 9.17) is 18.1 Å². The van der Waals surface area contributed by atoms with Crippen molar-refractivity contribution in [2.75, 3.05) is 0 Å². The minimum Gasteiger partial charge on any atom is -0.627 e. The summed E-state index contributed by atoms with van der Waals surface area (Å²) in [6, 6.07) is 13.6. The summed E-state index contributed by atoms with van der Waals surface area (Å²) in [7, 11) is -7.67. The molecule has 2 aromatic rings. The molecule has 0 heterocycles. The second kappa shape index (κ2) is 13.1. The van der Waals surface area contributed by atoms with Crippen LogP contribution in [-0.2, 0) is 23.5 Å². The summed E-state index contributed by atoms with van der Waals surface area (Å²) in [6.45, 7) is 20.8. The van der Waals surface area contributed by atoms with Crippen LogP contribution in [0.4, 0.5) is 0 Å². The highest BCUT2D eigenvalue weighted by Crippen LogP contribution is 2.56. The van der Waals surface area contributed by atoms with Crippen molar-refractivity contribution in [2.24, 2.45) is 0 Å². The minimum atomic E-state index is -3.85. The smallest absolute Gasteiger partial charge is 0.576 e. The van der Waals surface area contributed by atoms with Crippen molar-refractivity contribution < 1.29 is 27.9 Å². The molecule has 9 heteroatoms. The molecule has 0 saturated heterocycles. The molecule has 0 aliphatic carbocycles. The zero-order valence-electron chi connectivity index (χ0n) is 24.2. The van der Waals surface area contributed by atoms with Crippen molar-refractivity contribution in [3.63, 3.8) is 0 Å². The molecule has 0 unspecified atom stereocenters. The molecule has 37 heavy (non-hydrogen) atoms. The van der Waals surface area contributed by atoms with Crippen molar-refractivity contribution >= 4 is 46.4 Å². The van der Waals surface area contributed by atoms with Crippen LogP contribution in [0.3, 0.4) is 0 Å². The molecule has 1 radical (unpaired) electrons. The molecule has 0 amide bonds. The van der Waals surface area contributed by atoms with Gasteiger partial charge in [-0.3, -0.25) is 0 Å².